The van der Waals surface area contributed by atoms with Crippen molar-refractivity contribution in [1.82, 2.24) is 0 Å². The van der Waals surface area contributed by atoms with E-state index in [4.69, 9.17) is 0 Å². The molecule has 0 aliphatic rings. The van der Waals surface area contributed by atoms with Gasteiger partial charge in [0, 0.05) is 0 Å². The minimum Gasteiger partial charge on any atom is -0.166 e. The van der Waals surface area contributed by atoms with Crippen LogP contribution in [0.4, 0.5) is 26.3 Å². The molecule has 2 aromatic carbocycles. The summed E-state index contributed by atoms with van der Waals surface area (Å²) >= 11 is 0. The van der Waals surface area contributed by atoms with Gasteiger partial charge in [0.25, 0.3) is 0 Å². The first-order valence-electron chi connectivity index (χ1n) is 6.36. The fourth-order valence-corrected chi connectivity index (χ4v) is 2.22. The highest BCUT2D eigenvalue weighted by atomic mass is 19.4. The summed E-state index contributed by atoms with van der Waals surface area (Å²) in [5.41, 5.74) is -1.32. The van der Waals surface area contributed by atoms with E-state index in [9.17, 15) is 26.3 Å². The van der Waals surface area contributed by atoms with Crippen molar-refractivity contribution in [1.29, 1.82) is 0 Å². The molecular weight excluding hydrogens is 306 g/mol. The number of alkyl halides is 6. The Morgan fingerprint density at radius 1 is 0.682 bits per heavy atom. The summed E-state index contributed by atoms with van der Waals surface area (Å²) in [6.45, 7) is 3.07. The zero-order valence-electron chi connectivity index (χ0n) is 11.7. The molecule has 0 N–H and O–H groups in total. The lowest BCUT2D eigenvalue weighted by Gasteiger charge is -2.17. The molecule has 0 radical (unpaired) electrons. The van der Waals surface area contributed by atoms with Gasteiger partial charge in [0.05, 0.1) is 11.1 Å². The lowest BCUT2D eigenvalue weighted by molar-refractivity contribution is -0.137. The average Bonchev–Trinajstić information content (AvgIpc) is 2.36. The summed E-state index contributed by atoms with van der Waals surface area (Å²) in [6, 6.07) is 6.24. The first kappa shape index (κ1) is 16.4. The minimum atomic E-state index is -4.64. The fourth-order valence-electron chi connectivity index (χ4n) is 2.22. The van der Waals surface area contributed by atoms with E-state index < -0.39 is 23.5 Å². The van der Waals surface area contributed by atoms with Crippen LogP contribution < -0.4 is 0 Å². The predicted molar refractivity (Wildman–Crippen MR) is 71.4 cm³/mol. The van der Waals surface area contributed by atoms with E-state index >= 15 is 0 Å². The molecular formula is C16H12F6. The highest BCUT2D eigenvalue weighted by Crippen LogP contribution is 2.40. The molecule has 0 amide bonds. The van der Waals surface area contributed by atoms with Crippen LogP contribution in [0.2, 0.25) is 0 Å². The quantitative estimate of drug-likeness (QED) is 0.565. The monoisotopic (exact) mass is 318 g/mol. The van der Waals surface area contributed by atoms with Gasteiger partial charge in [-0.3, -0.25) is 0 Å². The van der Waals surface area contributed by atoms with Crippen molar-refractivity contribution in [3.8, 4) is 11.1 Å². The first-order chi connectivity index (χ1) is 10.00. The zero-order valence-corrected chi connectivity index (χ0v) is 11.7. The third kappa shape index (κ3) is 3.26. The highest BCUT2D eigenvalue weighted by Gasteiger charge is 2.35. The van der Waals surface area contributed by atoms with Gasteiger partial charge in [-0.15, -0.1) is 0 Å². The molecule has 6 heteroatoms. The lowest BCUT2D eigenvalue weighted by Crippen LogP contribution is -2.09. The van der Waals surface area contributed by atoms with Crippen LogP contribution in [0.25, 0.3) is 11.1 Å². The zero-order chi connectivity index (χ0) is 16.7. The second kappa shape index (κ2) is 5.34. The van der Waals surface area contributed by atoms with Gasteiger partial charge < -0.3 is 0 Å². The Morgan fingerprint density at radius 2 is 1.32 bits per heavy atom. The summed E-state index contributed by atoms with van der Waals surface area (Å²) in [5.74, 6) is 0. The van der Waals surface area contributed by atoms with Crippen LogP contribution in [0.3, 0.4) is 0 Å². The summed E-state index contributed by atoms with van der Waals surface area (Å²) < 4.78 is 77.7. The average molecular weight is 318 g/mol. The van der Waals surface area contributed by atoms with Crippen molar-refractivity contribution < 1.29 is 26.3 Å². The molecule has 0 bridgehead atoms. The molecule has 0 fully saturated rings. The molecule has 0 atom stereocenters. The number of hydrogen-bond donors (Lipinski definition) is 0. The summed E-state index contributed by atoms with van der Waals surface area (Å²) in [4.78, 5) is 0. The SMILES string of the molecule is Cc1ccc(C(F)(F)F)c(-c2cc(C(F)(F)F)ccc2C)c1. The van der Waals surface area contributed by atoms with E-state index in [-0.39, 0.29) is 11.1 Å². The van der Waals surface area contributed by atoms with Crippen LogP contribution in [0, 0.1) is 13.8 Å². The van der Waals surface area contributed by atoms with Crippen LogP contribution in [0.15, 0.2) is 36.4 Å². The lowest BCUT2D eigenvalue weighted by atomic mass is 9.92. The standard InChI is InChI=1S/C16H12F6/c1-9-3-6-14(16(20,21)22)13(7-9)12-8-11(15(17,18)19)5-4-10(12)2/h3-8H,1-2H3. The van der Waals surface area contributed by atoms with Crippen LogP contribution in [0.1, 0.15) is 22.3 Å². The molecule has 0 aliphatic heterocycles. The van der Waals surface area contributed by atoms with Crippen LogP contribution in [-0.4, -0.2) is 0 Å². The molecule has 118 valence electrons. The molecule has 0 spiro atoms. The molecule has 0 nitrogen and oxygen atoms in total. The van der Waals surface area contributed by atoms with Gasteiger partial charge >= 0.3 is 12.4 Å². The Balaban J connectivity index is 2.74. The molecule has 0 heterocycles. The van der Waals surface area contributed by atoms with Crippen molar-refractivity contribution in [2.75, 3.05) is 0 Å². The molecule has 0 unspecified atom stereocenters. The molecule has 0 saturated heterocycles. The van der Waals surface area contributed by atoms with E-state index in [1.165, 1.54) is 25.1 Å². The fraction of sp³-hybridized carbons (Fsp3) is 0.250. The van der Waals surface area contributed by atoms with Crippen molar-refractivity contribution >= 4 is 0 Å². The Hall–Kier alpha value is -1.98. The van der Waals surface area contributed by atoms with E-state index in [0.717, 1.165) is 18.2 Å². The number of hydrogen-bond acceptors (Lipinski definition) is 0. The molecule has 2 rings (SSSR count). The number of rotatable bonds is 1. The van der Waals surface area contributed by atoms with Gasteiger partial charge in [-0.25, -0.2) is 0 Å². The second-order valence-electron chi connectivity index (χ2n) is 5.07. The number of aryl methyl sites for hydroxylation is 2. The molecule has 22 heavy (non-hydrogen) atoms. The first-order valence-corrected chi connectivity index (χ1v) is 6.36. The van der Waals surface area contributed by atoms with Gasteiger partial charge in [0.1, 0.15) is 0 Å². The van der Waals surface area contributed by atoms with Gasteiger partial charge in [-0.2, -0.15) is 26.3 Å². The van der Waals surface area contributed by atoms with Crippen LogP contribution in [0.5, 0.6) is 0 Å². The topological polar surface area (TPSA) is 0 Å². The van der Waals surface area contributed by atoms with E-state index in [0.29, 0.717) is 11.1 Å². The Kier molecular flexibility index (Phi) is 3.98. The van der Waals surface area contributed by atoms with Gasteiger partial charge in [0.15, 0.2) is 0 Å². The van der Waals surface area contributed by atoms with E-state index in [1.807, 2.05) is 0 Å². The molecule has 0 aromatic heterocycles. The maximum Gasteiger partial charge on any atom is 0.417 e. The third-order valence-corrected chi connectivity index (χ3v) is 3.34. The maximum absolute atomic E-state index is 13.1. The highest BCUT2D eigenvalue weighted by molar-refractivity contribution is 5.72. The van der Waals surface area contributed by atoms with Gasteiger partial charge in [0.2, 0.25) is 0 Å². The Bertz CT molecular complexity index is 695. The van der Waals surface area contributed by atoms with Crippen LogP contribution in [-0.2, 0) is 12.4 Å². The van der Waals surface area contributed by atoms with Crippen LogP contribution >= 0.6 is 0 Å². The van der Waals surface area contributed by atoms with Crippen molar-refractivity contribution in [2.24, 2.45) is 0 Å². The summed E-state index contributed by atoms with van der Waals surface area (Å²) in [7, 11) is 0. The smallest absolute Gasteiger partial charge is 0.166 e. The Labute approximate surface area is 123 Å². The third-order valence-electron chi connectivity index (χ3n) is 3.34. The maximum atomic E-state index is 13.1. The van der Waals surface area contributed by atoms with Crippen molar-refractivity contribution in [3.05, 3.63) is 58.7 Å². The molecule has 2 aromatic rings. The normalized spacial score (nSPS) is 12.5. The van der Waals surface area contributed by atoms with Crippen molar-refractivity contribution in [2.45, 2.75) is 26.2 Å². The number of halogens is 6. The van der Waals surface area contributed by atoms with Gasteiger partial charge in [-0.05, 0) is 48.7 Å². The molecule has 0 aliphatic carbocycles. The summed E-state index contributed by atoms with van der Waals surface area (Å²) in [5, 5.41) is 0. The number of benzene rings is 2. The van der Waals surface area contributed by atoms with Crippen molar-refractivity contribution in [3.63, 3.8) is 0 Å². The van der Waals surface area contributed by atoms with Gasteiger partial charge in [-0.1, -0.05) is 23.8 Å². The molecule has 0 saturated carbocycles. The van der Waals surface area contributed by atoms with E-state index in [2.05, 4.69) is 0 Å². The second-order valence-corrected chi connectivity index (χ2v) is 5.07. The minimum absolute atomic E-state index is 0.0640. The Morgan fingerprint density at radius 3 is 1.86 bits per heavy atom. The summed E-state index contributed by atoms with van der Waals surface area (Å²) in [6.07, 6.45) is -9.24. The van der Waals surface area contributed by atoms with E-state index in [1.54, 1.807) is 6.92 Å². The predicted octanol–water partition coefficient (Wildman–Crippen LogP) is 6.01. The largest absolute Gasteiger partial charge is 0.417 e.